The van der Waals surface area contributed by atoms with Crippen LogP contribution in [0.4, 0.5) is 0 Å². The van der Waals surface area contributed by atoms with Crippen LogP contribution >= 0.6 is 15.8 Å². The van der Waals surface area contributed by atoms with Gasteiger partial charge < -0.3 is 37.2 Å². The fraction of sp³-hybridized carbons (Fsp3) is 0.0769. The summed E-state index contributed by atoms with van der Waals surface area (Å²) in [5.41, 5.74) is 0. The van der Waals surface area contributed by atoms with E-state index in [9.17, 15) is 0 Å². The summed E-state index contributed by atoms with van der Waals surface area (Å²) in [5.74, 6) is 0. The van der Waals surface area contributed by atoms with E-state index in [2.05, 4.69) is 121 Å². The first-order chi connectivity index (χ1) is 13.9. The molecule has 32 heavy (non-hydrogen) atoms. The molecule has 0 N–H and O–H groups in total. The van der Waals surface area contributed by atoms with E-state index in [1.54, 1.807) is 0 Å². The number of halogens is 3. The molecular formula is C26H24AuCl3P2. The summed E-state index contributed by atoms with van der Waals surface area (Å²) in [6.45, 7) is 0. The van der Waals surface area contributed by atoms with E-state index < -0.39 is 0 Å². The van der Waals surface area contributed by atoms with Crippen LogP contribution in [-0.4, -0.2) is 12.3 Å². The molecule has 4 aromatic rings. The minimum Gasteiger partial charge on any atom is -1.00 e. The van der Waals surface area contributed by atoms with Crippen molar-refractivity contribution in [3.05, 3.63) is 121 Å². The maximum Gasteiger partial charge on any atom is 3.00 e. The van der Waals surface area contributed by atoms with Gasteiger partial charge in [-0.05, 0) is 49.4 Å². The molecule has 0 unspecified atom stereocenters. The van der Waals surface area contributed by atoms with E-state index in [1.807, 2.05) is 0 Å². The molecule has 0 fully saturated rings. The van der Waals surface area contributed by atoms with Crippen molar-refractivity contribution in [1.29, 1.82) is 0 Å². The standard InChI is InChI=1S/C26H24P2.Au.3ClH/c1-5-13-23(14-6-1)27(24-15-7-2-8-16-24)21-22-28(25-17-9-3-10-18-25)26-19-11-4-12-20-26;;;;/h1-20H,21-22H2;;3*1H/q;+3;;;/p-3. The fourth-order valence-corrected chi connectivity index (χ4v) is 8.80. The maximum absolute atomic E-state index is 2.30. The topological polar surface area (TPSA) is 0 Å². The van der Waals surface area contributed by atoms with Gasteiger partial charge in [-0.15, -0.1) is 0 Å². The van der Waals surface area contributed by atoms with Gasteiger partial charge in [0.05, 0.1) is 0 Å². The zero-order chi connectivity index (χ0) is 19.0. The molecule has 0 saturated heterocycles. The Kier molecular flexibility index (Phi) is 16.5. The third kappa shape index (κ3) is 8.61. The number of rotatable bonds is 7. The largest absolute Gasteiger partial charge is 3.00 e. The van der Waals surface area contributed by atoms with Gasteiger partial charge in [0.15, 0.2) is 0 Å². The molecule has 4 rings (SSSR count). The second kappa shape index (κ2) is 16.9. The molecule has 0 aliphatic heterocycles. The van der Waals surface area contributed by atoms with Crippen LogP contribution in [0.15, 0.2) is 121 Å². The number of hydrogen-bond donors (Lipinski definition) is 0. The van der Waals surface area contributed by atoms with Crippen molar-refractivity contribution >= 4 is 37.1 Å². The first-order valence-electron chi connectivity index (χ1n) is 9.67. The van der Waals surface area contributed by atoms with Crippen LogP contribution in [0.3, 0.4) is 0 Å². The Morgan fingerprint density at radius 3 is 0.719 bits per heavy atom. The van der Waals surface area contributed by atoms with Crippen molar-refractivity contribution < 1.29 is 59.6 Å². The van der Waals surface area contributed by atoms with Gasteiger partial charge >= 0.3 is 22.4 Å². The van der Waals surface area contributed by atoms with Gasteiger partial charge in [0.1, 0.15) is 0 Å². The van der Waals surface area contributed by atoms with E-state index in [0.717, 1.165) is 0 Å². The molecule has 170 valence electrons. The Morgan fingerprint density at radius 1 is 0.344 bits per heavy atom. The van der Waals surface area contributed by atoms with E-state index in [-0.39, 0.29) is 75.4 Å². The van der Waals surface area contributed by atoms with E-state index >= 15 is 0 Å². The van der Waals surface area contributed by atoms with Gasteiger partial charge in [0.2, 0.25) is 0 Å². The first kappa shape index (κ1) is 31.4. The second-order valence-electron chi connectivity index (χ2n) is 6.65. The van der Waals surface area contributed by atoms with Gasteiger partial charge in [-0.25, -0.2) is 0 Å². The number of hydrogen-bond acceptors (Lipinski definition) is 0. The zero-order valence-corrected chi connectivity index (χ0v) is 23.5. The van der Waals surface area contributed by atoms with Crippen LogP contribution in [0, 0.1) is 0 Å². The van der Waals surface area contributed by atoms with Crippen LogP contribution in [-0.2, 0) is 22.4 Å². The molecule has 0 aliphatic carbocycles. The third-order valence-electron chi connectivity index (χ3n) is 4.82. The summed E-state index contributed by atoms with van der Waals surface area (Å²) >= 11 is 0. The predicted molar refractivity (Wildman–Crippen MR) is 128 cm³/mol. The monoisotopic (exact) mass is 700 g/mol. The van der Waals surface area contributed by atoms with Gasteiger partial charge in [-0.1, -0.05) is 121 Å². The molecule has 0 nitrogen and oxygen atoms in total. The van der Waals surface area contributed by atoms with Gasteiger partial charge in [0, 0.05) is 0 Å². The van der Waals surface area contributed by atoms with Gasteiger partial charge in [-0.3, -0.25) is 0 Å². The van der Waals surface area contributed by atoms with Gasteiger partial charge in [-0.2, -0.15) is 0 Å². The Labute approximate surface area is 228 Å². The average molecular weight is 702 g/mol. The van der Waals surface area contributed by atoms with Crippen LogP contribution in [0.2, 0.25) is 0 Å². The second-order valence-corrected chi connectivity index (χ2v) is 11.3. The molecule has 0 aromatic heterocycles. The van der Waals surface area contributed by atoms with Crippen LogP contribution < -0.4 is 58.4 Å². The molecule has 0 radical (unpaired) electrons. The molecular weight excluding hydrogens is 678 g/mol. The summed E-state index contributed by atoms with van der Waals surface area (Å²) in [6, 6.07) is 44.2. The Morgan fingerprint density at radius 2 is 0.531 bits per heavy atom. The normalized spacial score (nSPS) is 9.69. The predicted octanol–water partition coefficient (Wildman–Crippen LogP) is -3.74. The van der Waals surface area contributed by atoms with Crippen LogP contribution in [0.1, 0.15) is 0 Å². The van der Waals surface area contributed by atoms with E-state index in [4.69, 9.17) is 0 Å². The molecule has 0 amide bonds. The molecule has 0 saturated carbocycles. The first-order valence-corrected chi connectivity index (χ1v) is 12.7. The molecule has 4 aromatic carbocycles. The Bertz CT molecular complexity index is 813. The summed E-state index contributed by atoms with van der Waals surface area (Å²) in [6.07, 6.45) is 2.41. The Hall–Kier alpha value is -0.650. The Balaban J connectivity index is 0.00000240. The zero-order valence-electron chi connectivity index (χ0n) is 17.3. The maximum atomic E-state index is 2.30. The van der Waals surface area contributed by atoms with Crippen molar-refractivity contribution in [3.8, 4) is 0 Å². The van der Waals surface area contributed by atoms with Crippen molar-refractivity contribution in [2.45, 2.75) is 0 Å². The molecule has 6 heteroatoms. The smallest absolute Gasteiger partial charge is 1.00 e. The third-order valence-corrected chi connectivity index (χ3v) is 10.2. The average Bonchev–Trinajstić information content (AvgIpc) is 2.79. The molecule has 0 heterocycles. The fourth-order valence-electron chi connectivity index (χ4n) is 3.45. The van der Waals surface area contributed by atoms with Crippen molar-refractivity contribution in [3.63, 3.8) is 0 Å². The van der Waals surface area contributed by atoms with Crippen molar-refractivity contribution in [2.24, 2.45) is 0 Å². The summed E-state index contributed by atoms with van der Waals surface area (Å²) in [7, 11) is -0.696. The molecule has 0 atom stereocenters. The van der Waals surface area contributed by atoms with Crippen LogP contribution in [0.25, 0.3) is 0 Å². The van der Waals surface area contributed by atoms with Crippen molar-refractivity contribution in [1.82, 2.24) is 0 Å². The van der Waals surface area contributed by atoms with Crippen LogP contribution in [0.5, 0.6) is 0 Å². The summed E-state index contributed by atoms with van der Waals surface area (Å²) in [4.78, 5) is 0. The molecule has 0 bridgehead atoms. The number of benzene rings is 4. The SMILES string of the molecule is [Au+3].[Cl-].[Cl-].[Cl-].c1ccc(P(CCP(c2ccccc2)c2ccccc2)c2ccccc2)cc1. The minimum absolute atomic E-state index is 0. The van der Waals surface area contributed by atoms with Gasteiger partial charge in [0.25, 0.3) is 0 Å². The summed E-state index contributed by atoms with van der Waals surface area (Å²) < 4.78 is 0. The quantitative estimate of drug-likeness (QED) is 0.138. The molecule has 0 spiro atoms. The van der Waals surface area contributed by atoms with Crippen molar-refractivity contribution in [2.75, 3.05) is 12.3 Å². The van der Waals surface area contributed by atoms with E-state index in [1.165, 1.54) is 33.5 Å². The summed E-state index contributed by atoms with van der Waals surface area (Å²) in [5, 5.41) is 5.89. The molecule has 0 aliphatic rings. The van der Waals surface area contributed by atoms with E-state index in [0.29, 0.717) is 0 Å². The minimum atomic E-state index is -0.348.